The van der Waals surface area contributed by atoms with Crippen LogP contribution < -0.4 is 4.90 Å². The molecule has 1 aromatic heterocycles. The summed E-state index contributed by atoms with van der Waals surface area (Å²) in [5, 5.41) is 10.2. The van der Waals surface area contributed by atoms with Gasteiger partial charge in [0.2, 0.25) is 0 Å². The van der Waals surface area contributed by atoms with E-state index in [9.17, 15) is 4.79 Å². The van der Waals surface area contributed by atoms with Gasteiger partial charge in [-0.05, 0) is 43.7 Å². The molecule has 1 aromatic rings. The van der Waals surface area contributed by atoms with E-state index < -0.39 is 5.97 Å². The third-order valence-electron chi connectivity index (χ3n) is 4.33. The van der Waals surface area contributed by atoms with E-state index in [0.29, 0.717) is 10.9 Å². The van der Waals surface area contributed by atoms with Gasteiger partial charge >= 0.3 is 5.97 Å². The molecule has 1 saturated carbocycles. The van der Waals surface area contributed by atoms with Crippen molar-refractivity contribution in [3.63, 3.8) is 0 Å². The highest BCUT2D eigenvalue weighted by Crippen LogP contribution is 2.39. The molecule has 0 spiro atoms. The SMILES string of the molecule is O=C(O)c1ccc(N2CCC[C@H]3CCCC[C@H]32)s1. The molecule has 98 valence electrons. The van der Waals surface area contributed by atoms with Gasteiger partial charge in [0, 0.05) is 12.6 Å². The Morgan fingerprint density at radius 2 is 2.00 bits per heavy atom. The lowest BCUT2D eigenvalue weighted by atomic mass is 9.78. The summed E-state index contributed by atoms with van der Waals surface area (Å²) in [6.45, 7) is 1.10. The lowest BCUT2D eigenvalue weighted by Gasteiger charge is -2.44. The smallest absolute Gasteiger partial charge is 0.345 e. The number of carboxylic acid groups (broad SMARTS) is 1. The summed E-state index contributed by atoms with van der Waals surface area (Å²) in [7, 11) is 0. The third kappa shape index (κ3) is 2.14. The van der Waals surface area contributed by atoms with Gasteiger partial charge in [-0.15, -0.1) is 11.3 Å². The van der Waals surface area contributed by atoms with E-state index in [2.05, 4.69) is 4.90 Å². The van der Waals surface area contributed by atoms with E-state index in [0.717, 1.165) is 17.5 Å². The molecule has 0 unspecified atom stereocenters. The molecule has 2 heterocycles. The first kappa shape index (κ1) is 12.0. The van der Waals surface area contributed by atoms with Crippen molar-refractivity contribution in [1.82, 2.24) is 0 Å². The quantitative estimate of drug-likeness (QED) is 0.888. The van der Waals surface area contributed by atoms with Crippen LogP contribution in [0.2, 0.25) is 0 Å². The van der Waals surface area contributed by atoms with E-state index in [1.54, 1.807) is 6.07 Å². The van der Waals surface area contributed by atoms with Gasteiger partial charge in [0.15, 0.2) is 0 Å². The standard InChI is InChI=1S/C14H19NO2S/c16-14(17)12-7-8-13(18-12)15-9-3-5-10-4-1-2-6-11(10)15/h7-8,10-11H,1-6,9H2,(H,16,17)/t10-,11-/m1/s1. The van der Waals surface area contributed by atoms with E-state index in [-0.39, 0.29) is 0 Å². The highest BCUT2D eigenvalue weighted by atomic mass is 32.1. The van der Waals surface area contributed by atoms with Crippen LogP contribution >= 0.6 is 11.3 Å². The highest BCUT2D eigenvalue weighted by molar-refractivity contribution is 7.17. The van der Waals surface area contributed by atoms with Crippen LogP contribution in [-0.2, 0) is 0 Å². The zero-order valence-corrected chi connectivity index (χ0v) is 11.3. The maximum atomic E-state index is 11.0. The van der Waals surface area contributed by atoms with Crippen LogP contribution in [0.5, 0.6) is 0 Å². The van der Waals surface area contributed by atoms with Crippen molar-refractivity contribution in [3.05, 3.63) is 17.0 Å². The molecule has 0 amide bonds. The number of hydrogen-bond acceptors (Lipinski definition) is 3. The number of thiophene rings is 1. The van der Waals surface area contributed by atoms with Crippen LogP contribution in [0.15, 0.2) is 12.1 Å². The Kier molecular flexibility index (Phi) is 3.29. The minimum absolute atomic E-state index is 0.461. The zero-order valence-electron chi connectivity index (χ0n) is 10.5. The Morgan fingerprint density at radius 1 is 1.22 bits per heavy atom. The summed E-state index contributed by atoms with van der Waals surface area (Å²) >= 11 is 1.43. The predicted molar refractivity (Wildman–Crippen MR) is 73.6 cm³/mol. The number of fused-ring (bicyclic) bond motifs is 1. The van der Waals surface area contributed by atoms with Crippen LogP contribution in [0.25, 0.3) is 0 Å². The molecule has 2 aliphatic rings. The molecule has 1 aliphatic carbocycles. The molecule has 2 atom stereocenters. The van der Waals surface area contributed by atoms with Crippen molar-refractivity contribution in [2.75, 3.05) is 11.4 Å². The molecule has 18 heavy (non-hydrogen) atoms. The highest BCUT2D eigenvalue weighted by Gasteiger charge is 2.33. The molecule has 1 aliphatic heterocycles. The average Bonchev–Trinajstić information content (AvgIpc) is 2.87. The Hall–Kier alpha value is -1.03. The lowest BCUT2D eigenvalue weighted by Crippen LogP contribution is -2.46. The Morgan fingerprint density at radius 3 is 2.78 bits per heavy atom. The Balaban J connectivity index is 1.82. The fraction of sp³-hybridized carbons (Fsp3) is 0.643. The average molecular weight is 265 g/mol. The molecule has 2 fully saturated rings. The van der Waals surface area contributed by atoms with Crippen LogP contribution in [0.3, 0.4) is 0 Å². The van der Waals surface area contributed by atoms with Crippen molar-refractivity contribution < 1.29 is 9.90 Å². The number of rotatable bonds is 2. The van der Waals surface area contributed by atoms with E-state index >= 15 is 0 Å². The minimum Gasteiger partial charge on any atom is -0.477 e. The second kappa shape index (κ2) is 4.92. The summed E-state index contributed by atoms with van der Waals surface area (Å²) < 4.78 is 0. The normalized spacial score (nSPS) is 27.9. The Bertz CT molecular complexity index is 441. The van der Waals surface area contributed by atoms with Gasteiger partial charge in [-0.25, -0.2) is 4.79 Å². The summed E-state index contributed by atoms with van der Waals surface area (Å²) in [6.07, 6.45) is 7.96. The van der Waals surface area contributed by atoms with Gasteiger partial charge in [-0.1, -0.05) is 12.8 Å². The van der Waals surface area contributed by atoms with Gasteiger partial charge in [-0.2, -0.15) is 0 Å². The van der Waals surface area contributed by atoms with Gasteiger partial charge in [0.25, 0.3) is 0 Å². The number of carbonyl (C=O) groups is 1. The molecule has 1 saturated heterocycles. The van der Waals surface area contributed by atoms with Crippen molar-refractivity contribution in [1.29, 1.82) is 0 Å². The number of anilines is 1. The monoisotopic (exact) mass is 265 g/mol. The molecular formula is C14H19NO2S. The van der Waals surface area contributed by atoms with Crippen LogP contribution in [0.4, 0.5) is 5.00 Å². The number of carboxylic acids is 1. The first-order chi connectivity index (χ1) is 8.75. The van der Waals surface area contributed by atoms with Gasteiger partial charge < -0.3 is 10.0 Å². The Labute approximate surface area is 111 Å². The molecule has 3 rings (SSSR count). The summed E-state index contributed by atoms with van der Waals surface area (Å²) in [5.41, 5.74) is 0. The van der Waals surface area contributed by atoms with Crippen molar-refractivity contribution in [2.24, 2.45) is 5.92 Å². The zero-order chi connectivity index (χ0) is 12.5. The van der Waals surface area contributed by atoms with E-state index in [1.165, 1.54) is 49.9 Å². The largest absolute Gasteiger partial charge is 0.477 e. The van der Waals surface area contributed by atoms with E-state index in [4.69, 9.17) is 5.11 Å². The summed E-state index contributed by atoms with van der Waals surface area (Å²) in [5.74, 6) is 0.0336. The maximum absolute atomic E-state index is 11.0. The molecule has 0 aromatic carbocycles. The lowest BCUT2D eigenvalue weighted by molar-refractivity contribution is 0.0702. The number of piperidine rings is 1. The van der Waals surface area contributed by atoms with Gasteiger partial charge in [0.05, 0.1) is 5.00 Å². The van der Waals surface area contributed by atoms with Crippen molar-refractivity contribution >= 4 is 22.3 Å². The van der Waals surface area contributed by atoms with Gasteiger partial charge in [0.1, 0.15) is 4.88 Å². The van der Waals surface area contributed by atoms with Crippen molar-refractivity contribution in [3.8, 4) is 0 Å². The first-order valence-electron chi connectivity index (χ1n) is 6.85. The van der Waals surface area contributed by atoms with Gasteiger partial charge in [-0.3, -0.25) is 0 Å². The first-order valence-corrected chi connectivity index (χ1v) is 7.67. The van der Waals surface area contributed by atoms with E-state index in [1.807, 2.05) is 6.07 Å². The predicted octanol–water partition coefficient (Wildman–Crippen LogP) is 3.61. The van der Waals surface area contributed by atoms with Crippen LogP contribution in [-0.4, -0.2) is 23.7 Å². The topological polar surface area (TPSA) is 40.5 Å². The fourth-order valence-corrected chi connectivity index (χ4v) is 4.42. The van der Waals surface area contributed by atoms with Crippen LogP contribution in [0.1, 0.15) is 48.2 Å². The third-order valence-corrected chi connectivity index (χ3v) is 5.44. The molecule has 1 N–H and O–H groups in total. The molecule has 0 bridgehead atoms. The molecular weight excluding hydrogens is 246 g/mol. The fourth-order valence-electron chi connectivity index (χ4n) is 3.50. The summed E-state index contributed by atoms with van der Waals surface area (Å²) in [4.78, 5) is 13.9. The molecule has 4 heteroatoms. The van der Waals surface area contributed by atoms with Crippen LogP contribution in [0, 0.1) is 5.92 Å². The molecule has 3 nitrogen and oxygen atoms in total. The molecule has 0 radical (unpaired) electrons. The minimum atomic E-state index is -0.802. The summed E-state index contributed by atoms with van der Waals surface area (Å²) in [6, 6.07) is 4.40. The number of nitrogens with zero attached hydrogens (tertiary/aromatic N) is 1. The second-order valence-electron chi connectivity index (χ2n) is 5.39. The number of aromatic carboxylic acids is 1. The number of hydrogen-bond donors (Lipinski definition) is 1. The maximum Gasteiger partial charge on any atom is 0.345 e. The van der Waals surface area contributed by atoms with Crippen molar-refractivity contribution in [2.45, 2.75) is 44.6 Å². The second-order valence-corrected chi connectivity index (χ2v) is 6.45.